The molecule has 2 aromatic rings. The maximum atomic E-state index is 8.39. The Hall–Kier alpha value is -2.47. The van der Waals surface area contributed by atoms with Crippen LogP contribution in [0.1, 0.15) is 5.56 Å². The first kappa shape index (κ1) is 11.6. The molecule has 0 aromatic heterocycles. The SMILES string of the molecule is N#Cc1ccccc1N.Nc1ccccc1. The van der Waals surface area contributed by atoms with E-state index in [0.29, 0.717) is 11.3 Å². The molecule has 0 bridgehead atoms. The van der Waals surface area contributed by atoms with E-state index < -0.39 is 0 Å². The summed E-state index contributed by atoms with van der Waals surface area (Å²) in [6.07, 6.45) is 0. The number of nitrogens with zero attached hydrogens (tertiary/aromatic N) is 1. The minimum Gasteiger partial charge on any atom is -0.399 e. The Bertz CT molecular complexity index is 472. The van der Waals surface area contributed by atoms with Gasteiger partial charge < -0.3 is 11.5 Å². The molecule has 3 nitrogen and oxygen atoms in total. The zero-order valence-electron chi connectivity index (χ0n) is 8.80. The highest BCUT2D eigenvalue weighted by molar-refractivity contribution is 5.53. The van der Waals surface area contributed by atoms with Crippen LogP contribution >= 0.6 is 0 Å². The van der Waals surface area contributed by atoms with Gasteiger partial charge in [-0.3, -0.25) is 0 Å². The third-order valence-corrected chi connectivity index (χ3v) is 1.88. The first-order valence-corrected chi connectivity index (χ1v) is 4.79. The fourth-order valence-electron chi connectivity index (χ4n) is 1.05. The number of benzene rings is 2. The molecule has 3 heteroatoms. The predicted octanol–water partition coefficient (Wildman–Crippen LogP) is 2.41. The summed E-state index contributed by atoms with van der Waals surface area (Å²) in [5, 5.41) is 8.39. The second-order valence-corrected chi connectivity index (χ2v) is 3.11. The molecule has 0 fully saturated rings. The van der Waals surface area contributed by atoms with Crippen LogP contribution in [0.3, 0.4) is 0 Å². The lowest BCUT2D eigenvalue weighted by molar-refractivity contribution is 1.48. The molecule has 0 radical (unpaired) electrons. The van der Waals surface area contributed by atoms with E-state index in [1.54, 1.807) is 24.3 Å². The summed E-state index contributed by atoms with van der Waals surface area (Å²) in [5.41, 5.74) is 12.7. The van der Waals surface area contributed by atoms with Crippen molar-refractivity contribution in [1.29, 1.82) is 5.26 Å². The monoisotopic (exact) mass is 211 g/mol. The van der Waals surface area contributed by atoms with Crippen molar-refractivity contribution >= 4 is 11.4 Å². The van der Waals surface area contributed by atoms with E-state index in [1.165, 1.54) is 0 Å². The number of nitriles is 1. The van der Waals surface area contributed by atoms with Gasteiger partial charge in [-0.1, -0.05) is 30.3 Å². The number of hydrogen-bond donors (Lipinski definition) is 2. The van der Waals surface area contributed by atoms with Gasteiger partial charge in [-0.15, -0.1) is 0 Å². The molecular weight excluding hydrogens is 198 g/mol. The van der Waals surface area contributed by atoms with Crippen LogP contribution in [0.5, 0.6) is 0 Å². The summed E-state index contributed by atoms with van der Waals surface area (Å²) in [4.78, 5) is 0. The normalized spacial score (nSPS) is 8.44. The summed E-state index contributed by atoms with van der Waals surface area (Å²) in [6.45, 7) is 0. The average Bonchev–Trinajstić information content (AvgIpc) is 2.31. The third kappa shape index (κ3) is 3.72. The van der Waals surface area contributed by atoms with Gasteiger partial charge in [0.1, 0.15) is 6.07 Å². The van der Waals surface area contributed by atoms with Crippen molar-refractivity contribution in [3.63, 3.8) is 0 Å². The van der Waals surface area contributed by atoms with E-state index >= 15 is 0 Å². The Labute approximate surface area is 94.9 Å². The molecule has 80 valence electrons. The number of nitrogen functional groups attached to an aromatic ring is 2. The van der Waals surface area contributed by atoms with E-state index in [9.17, 15) is 0 Å². The van der Waals surface area contributed by atoms with E-state index in [4.69, 9.17) is 16.7 Å². The van der Waals surface area contributed by atoms with Gasteiger partial charge in [0.05, 0.1) is 5.56 Å². The average molecular weight is 211 g/mol. The van der Waals surface area contributed by atoms with Crippen molar-refractivity contribution in [2.45, 2.75) is 0 Å². The van der Waals surface area contributed by atoms with Crippen LogP contribution in [0.2, 0.25) is 0 Å². The van der Waals surface area contributed by atoms with E-state index in [2.05, 4.69) is 0 Å². The Balaban J connectivity index is 0.000000165. The zero-order chi connectivity index (χ0) is 11.8. The third-order valence-electron chi connectivity index (χ3n) is 1.88. The van der Waals surface area contributed by atoms with Crippen LogP contribution in [0.25, 0.3) is 0 Å². The van der Waals surface area contributed by atoms with Crippen LogP contribution in [-0.4, -0.2) is 0 Å². The molecule has 0 saturated heterocycles. The minimum atomic E-state index is 0.539. The first-order chi connectivity index (χ1) is 7.74. The van der Waals surface area contributed by atoms with Gasteiger partial charge in [0.2, 0.25) is 0 Å². The molecule has 0 unspecified atom stereocenters. The molecule has 0 aliphatic rings. The van der Waals surface area contributed by atoms with Crippen molar-refractivity contribution in [2.24, 2.45) is 0 Å². The standard InChI is InChI=1S/C7H6N2.C6H7N/c8-5-6-3-1-2-4-7(6)9;7-6-4-2-1-3-5-6/h1-4H,9H2;1-5H,7H2. The Morgan fingerprint density at radius 3 is 1.75 bits per heavy atom. The number of rotatable bonds is 0. The molecule has 2 aromatic carbocycles. The number of hydrogen-bond acceptors (Lipinski definition) is 3. The van der Waals surface area contributed by atoms with Crippen LogP contribution in [-0.2, 0) is 0 Å². The summed E-state index contributed by atoms with van der Waals surface area (Å²) in [6, 6.07) is 18.4. The number of nitrogens with two attached hydrogens (primary N) is 2. The summed E-state index contributed by atoms with van der Waals surface area (Å²) < 4.78 is 0. The summed E-state index contributed by atoms with van der Waals surface area (Å²) in [5.74, 6) is 0. The fraction of sp³-hybridized carbons (Fsp3) is 0. The van der Waals surface area contributed by atoms with Crippen molar-refractivity contribution < 1.29 is 0 Å². The molecule has 16 heavy (non-hydrogen) atoms. The zero-order valence-corrected chi connectivity index (χ0v) is 8.80. The molecule has 0 aliphatic heterocycles. The predicted molar refractivity (Wildman–Crippen MR) is 66.4 cm³/mol. The first-order valence-electron chi connectivity index (χ1n) is 4.79. The molecule has 4 N–H and O–H groups in total. The highest BCUT2D eigenvalue weighted by atomic mass is 14.6. The largest absolute Gasteiger partial charge is 0.399 e. The highest BCUT2D eigenvalue weighted by Crippen LogP contribution is 2.07. The quantitative estimate of drug-likeness (QED) is 0.657. The lowest BCUT2D eigenvalue weighted by Crippen LogP contribution is -1.87. The second-order valence-electron chi connectivity index (χ2n) is 3.11. The van der Waals surface area contributed by atoms with Gasteiger partial charge >= 0.3 is 0 Å². The molecule has 0 spiro atoms. The van der Waals surface area contributed by atoms with Gasteiger partial charge in [0.15, 0.2) is 0 Å². The van der Waals surface area contributed by atoms with E-state index in [0.717, 1.165) is 5.69 Å². The topological polar surface area (TPSA) is 75.8 Å². The number of anilines is 2. The van der Waals surface area contributed by atoms with Crippen LogP contribution in [0.4, 0.5) is 11.4 Å². The van der Waals surface area contributed by atoms with Crippen LogP contribution < -0.4 is 11.5 Å². The number of para-hydroxylation sites is 2. The van der Waals surface area contributed by atoms with Gasteiger partial charge in [-0.05, 0) is 24.3 Å². The van der Waals surface area contributed by atoms with E-state index in [-0.39, 0.29) is 0 Å². The molecule has 2 rings (SSSR count). The highest BCUT2D eigenvalue weighted by Gasteiger charge is 1.90. The van der Waals surface area contributed by atoms with Crippen molar-refractivity contribution in [3.8, 4) is 6.07 Å². The minimum absolute atomic E-state index is 0.539. The lowest BCUT2D eigenvalue weighted by atomic mass is 10.2. The van der Waals surface area contributed by atoms with Gasteiger partial charge in [0.25, 0.3) is 0 Å². The smallest absolute Gasteiger partial charge is 0.101 e. The Morgan fingerprint density at radius 1 is 0.812 bits per heavy atom. The lowest BCUT2D eigenvalue weighted by Gasteiger charge is -1.91. The molecule has 0 saturated carbocycles. The molecule has 0 amide bonds. The van der Waals surface area contributed by atoms with Crippen molar-refractivity contribution in [1.82, 2.24) is 0 Å². The molecular formula is C13H13N3. The molecule has 0 aliphatic carbocycles. The van der Waals surface area contributed by atoms with Crippen molar-refractivity contribution in [3.05, 3.63) is 60.2 Å². The van der Waals surface area contributed by atoms with Crippen molar-refractivity contribution in [2.75, 3.05) is 11.5 Å². The maximum Gasteiger partial charge on any atom is 0.101 e. The van der Waals surface area contributed by atoms with Crippen LogP contribution in [0.15, 0.2) is 54.6 Å². The maximum absolute atomic E-state index is 8.39. The second kappa shape index (κ2) is 6.10. The van der Waals surface area contributed by atoms with Gasteiger partial charge in [-0.2, -0.15) is 5.26 Å². The van der Waals surface area contributed by atoms with Gasteiger partial charge in [-0.25, -0.2) is 0 Å². The van der Waals surface area contributed by atoms with Gasteiger partial charge in [0, 0.05) is 11.4 Å². The summed E-state index contributed by atoms with van der Waals surface area (Å²) in [7, 11) is 0. The molecule has 0 atom stereocenters. The van der Waals surface area contributed by atoms with Crippen LogP contribution in [0, 0.1) is 11.3 Å². The van der Waals surface area contributed by atoms with E-state index in [1.807, 2.05) is 36.4 Å². The Morgan fingerprint density at radius 2 is 1.38 bits per heavy atom. The Kier molecular flexibility index (Phi) is 4.42. The fourth-order valence-corrected chi connectivity index (χ4v) is 1.05. The molecule has 0 heterocycles. The summed E-state index contributed by atoms with van der Waals surface area (Å²) >= 11 is 0.